The average molecular weight is 449 g/mol. The lowest BCUT2D eigenvalue weighted by Gasteiger charge is -2.42. The highest BCUT2D eigenvalue weighted by atomic mass is 16.5. The number of hydrogen-bond acceptors (Lipinski definition) is 7. The summed E-state index contributed by atoms with van der Waals surface area (Å²) < 4.78 is 11.1. The van der Waals surface area contributed by atoms with Crippen molar-refractivity contribution >= 4 is 23.4 Å². The molecule has 1 heterocycles. The van der Waals surface area contributed by atoms with E-state index in [-0.39, 0.29) is 35.6 Å². The van der Waals surface area contributed by atoms with Gasteiger partial charge in [-0.15, -0.1) is 0 Å². The van der Waals surface area contributed by atoms with Crippen LogP contribution < -0.4 is 14.8 Å². The summed E-state index contributed by atoms with van der Waals surface area (Å²) in [4.78, 5) is 51.6. The van der Waals surface area contributed by atoms with Crippen molar-refractivity contribution in [2.75, 3.05) is 14.2 Å². The van der Waals surface area contributed by atoms with Gasteiger partial charge < -0.3 is 14.6 Å². The van der Waals surface area contributed by atoms with Gasteiger partial charge in [-0.2, -0.15) is 0 Å². The molecule has 1 fully saturated rings. The minimum atomic E-state index is -0.713. The summed E-state index contributed by atoms with van der Waals surface area (Å²) in [6.07, 6.45) is 3.81. The van der Waals surface area contributed by atoms with Crippen LogP contribution in [0.4, 0.5) is 0 Å². The van der Waals surface area contributed by atoms with Crippen LogP contribution in [-0.2, 0) is 19.2 Å². The van der Waals surface area contributed by atoms with Crippen LogP contribution in [0.25, 0.3) is 0 Å². The number of imide groups is 1. The molecule has 0 aromatic heterocycles. The highest BCUT2D eigenvalue weighted by Gasteiger charge is 2.54. The van der Waals surface area contributed by atoms with Gasteiger partial charge in [0.1, 0.15) is 17.2 Å². The van der Waals surface area contributed by atoms with Crippen LogP contribution >= 0.6 is 0 Å². The third-order valence-electron chi connectivity index (χ3n) is 7.22. The molecule has 2 amide bonds. The molecule has 1 aromatic rings. The van der Waals surface area contributed by atoms with E-state index < -0.39 is 23.7 Å². The van der Waals surface area contributed by atoms with E-state index in [1.165, 1.54) is 32.4 Å². The van der Waals surface area contributed by atoms with Gasteiger partial charge in [0.05, 0.1) is 26.1 Å². The number of Topliss-reactive ketones (excluding diaryl/α,β-unsaturated/α-hetero) is 1. The predicted molar refractivity (Wildman–Crippen MR) is 116 cm³/mol. The van der Waals surface area contributed by atoms with Crippen molar-refractivity contribution in [1.82, 2.24) is 5.32 Å². The van der Waals surface area contributed by atoms with Gasteiger partial charge in [0.15, 0.2) is 11.6 Å². The van der Waals surface area contributed by atoms with E-state index in [9.17, 15) is 24.3 Å². The molecule has 1 aromatic carbocycles. The second kappa shape index (κ2) is 7.43. The van der Waals surface area contributed by atoms with Crippen molar-refractivity contribution in [2.45, 2.75) is 25.7 Å². The molecule has 0 spiro atoms. The van der Waals surface area contributed by atoms with Gasteiger partial charge >= 0.3 is 0 Å². The van der Waals surface area contributed by atoms with E-state index >= 15 is 0 Å². The van der Waals surface area contributed by atoms with Gasteiger partial charge in [-0.3, -0.25) is 24.5 Å². The number of nitrogens with one attached hydrogen (secondary N) is 1. The van der Waals surface area contributed by atoms with Gasteiger partial charge in [-0.05, 0) is 31.8 Å². The van der Waals surface area contributed by atoms with Crippen LogP contribution in [-0.4, -0.2) is 42.7 Å². The monoisotopic (exact) mass is 449 g/mol. The molecule has 0 saturated carbocycles. The zero-order chi connectivity index (χ0) is 23.6. The summed E-state index contributed by atoms with van der Waals surface area (Å²) in [5.74, 6) is -2.91. The first-order valence-corrected chi connectivity index (χ1v) is 10.8. The molecule has 4 aliphatic rings. The van der Waals surface area contributed by atoms with Crippen LogP contribution in [0.15, 0.2) is 46.6 Å². The molecule has 2 N–H and O–H groups in total. The smallest absolute Gasteiger partial charge is 0.231 e. The Morgan fingerprint density at radius 1 is 1.00 bits per heavy atom. The molecule has 8 heteroatoms. The third kappa shape index (κ3) is 2.97. The lowest BCUT2D eigenvalue weighted by atomic mass is 9.59. The van der Waals surface area contributed by atoms with Gasteiger partial charge in [0.2, 0.25) is 11.8 Å². The van der Waals surface area contributed by atoms with Crippen molar-refractivity contribution in [3.63, 3.8) is 0 Å². The fourth-order valence-electron chi connectivity index (χ4n) is 5.83. The van der Waals surface area contributed by atoms with Crippen molar-refractivity contribution < 1.29 is 33.8 Å². The van der Waals surface area contributed by atoms with E-state index in [2.05, 4.69) is 5.32 Å². The van der Waals surface area contributed by atoms with Crippen molar-refractivity contribution in [3.05, 3.63) is 52.1 Å². The Morgan fingerprint density at radius 3 is 2.30 bits per heavy atom. The molecule has 5 rings (SSSR count). The summed E-state index contributed by atoms with van der Waals surface area (Å²) in [6.45, 7) is 1.60. The molecule has 0 unspecified atom stereocenters. The number of allylic oxidation sites excluding steroid dienone is 6. The van der Waals surface area contributed by atoms with Crippen molar-refractivity contribution in [3.8, 4) is 17.2 Å². The van der Waals surface area contributed by atoms with Gasteiger partial charge in [-0.25, -0.2) is 0 Å². The lowest BCUT2D eigenvalue weighted by Crippen LogP contribution is -2.39. The highest BCUT2D eigenvalue weighted by molar-refractivity contribution is 6.23. The number of carbonyl (C=O) groups is 4. The van der Waals surface area contributed by atoms with Crippen molar-refractivity contribution in [1.29, 1.82) is 0 Å². The number of ether oxygens (including phenoxy) is 2. The number of carbonyl (C=O) groups excluding carboxylic acids is 4. The van der Waals surface area contributed by atoms with Gasteiger partial charge in [-0.1, -0.05) is 11.6 Å². The summed E-state index contributed by atoms with van der Waals surface area (Å²) in [6, 6.07) is 2.85. The van der Waals surface area contributed by atoms with Crippen molar-refractivity contribution in [2.24, 2.45) is 17.8 Å². The van der Waals surface area contributed by atoms with Crippen LogP contribution in [0.5, 0.6) is 17.2 Å². The zero-order valence-corrected chi connectivity index (χ0v) is 18.4. The van der Waals surface area contributed by atoms with E-state index in [0.29, 0.717) is 40.2 Å². The maximum absolute atomic E-state index is 13.3. The lowest BCUT2D eigenvalue weighted by molar-refractivity contribution is -0.126. The molecular formula is C25H23NO7. The molecule has 3 aliphatic carbocycles. The Kier molecular flexibility index (Phi) is 4.77. The number of hydrogen-bond donors (Lipinski definition) is 2. The fourth-order valence-corrected chi connectivity index (χ4v) is 5.83. The largest absolute Gasteiger partial charge is 0.508 e. The Balaban J connectivity index is 1.79. The first kappa shape index (κ1) is 21.2. The minimum Gasteiger partial charge on any atom is -0.508 e. The Labute approximate surface area is 189 Å². The van der Waals surface area contributed by atoms with E-state index in [1.54, 1.807) is 6.92 Å². The van der Waals surface area contributed by atoms with Crippen LogP contribution in [0.2, 0.25) is 0 Å². The Hall–Kier alpha value is -3.68. The van der Waals surface area contributed by atoms with Gasteiger partial charge in [0, 0.05) is 40.3 Å². The second-order valence-corrected chi connectivity index (χ2v) is 8.85. The number of benzene rings is 1. The molecule has 0 bridgehead atoms. The number of phenols is 1. The summed E-state index contributed by atoms with van der Waals surface area (Å²) in [5, 5.41) is 12.6. The van der Waals surface area contributed by atoms with Gasteiger partial charge in [0.25, 0.3) is 0 Å². The second-order valence-electron chi connectivity index (χ2n) is 8.85. The molecule has 8 nitrogen and oxygen atoms in total. The Bertz CT molecular complexity index is 1210. The zero-order valence-electron chi connectivity index (χ0n) is 18.4. The summed E-state index contributed by atoms with van der Waals surface area (Å²) in [7, 11) is 2.89. The summed E-state index contributed by atoms with van der Waals surface area (Å²) >= 11 is 0. The minimum absolute atomic E-state index is 0.0748. The number of aromatic hydroxyl groups is 1. The highest BCUT2D eigenvalue weighted by Crippen LogP contribution is 2.57. The number of fused-ring (bicyclic) bond motifs is 3. The number of rotatable bonds is 3. The first-order chi connectivity index (χ1) is 15.8. The topological polar surface area (TPSA) is 119 Å². The molecule has 1 saturated heterocycles. The SMILES string of the molecule is COc1cc(O)cc(OC)c1[C@H]1C2=CC[C@@H]3C(=O)NC(=O)[C@@H]3[C@@H]2CC2=C1C(=O)C=C(C)C2=O. The van der Waals surface area contributed by atoms with Crippen LogP contribution in [0, 0.1) is 17.8 Å². The number of ketones is 2. The van der Waals surface area contributed by atoms with Crippen LogP contribution in [0.1, 0.15) is 31.2 Å². The third-order valence-corrected chi connectivity index (χ3v) is 7.22. The predicted octanol–water partition coefficient (Wildman–Crippen LogP) is 2.13. The Morgan fingerprint density at radius 2 is 1.67 bits per heavy atom. The fraction of sp³-hybridized carbons (Fsp3) is 0.360. The molecule has 4 atom stereocenters. The maximum Gasteiger partial charge on any atom is 0.231 e. The molecule has 170 valence electrons. The molecule has 0 radical (unpaired) electrons. The quantitative estimate of drug-likeness (QED) is 0.412. The summed E-state index contributed by atoms with van der Waals surface area (Å²) in [5.41, 5.74) is 2.32. The maximum atomic E-state index is 13.3. The standard InChI is InChI=1S/C25H23NO7/c1-10-6-16(28)20-15(23(10)29)9-14-12(4-5-13-19(14)25(31)26-24(13)30)21(20)22-17(32-2)7-11(27)8-18(22)33-3/h4,6-8,13-14,19,21,27H,5,9H2,1-3H3,(H,26,30,31)/t13-,14+,19-,21-/m0/s1. The normalized spacial score (nSPS) is 28.5. The molecular weight excluding hydrogens is 426 g/mol. The average Bonchev–Trinajstić information content (AvgIpc) is 3.09. The number of phenolic OH excluding ortho intramolecular Hbond substituents is 1. The van der Waals surface area contributed by atoms with Crippen LogP contribution in [0.3, 0.4) is 0 Å². The number of methoxy groups -OCH3 is 2. The van der Waals surface area contributed by atoms with E-state index in [0.717, 1.165) is 5.57 Å². The van der Waals surface area contributed by atoms with E-state index in [4.69, 9.17) is 9.47 Å². The number of amides is 2. The first-order valence-electron chi connectivity index (χ1n) is 10.8. The molecule has 33 heavy (non-hydrogen) atoms. The van der Waals surface area contributed by atoms with E-state index in [1.807, 2.05) is 6.08 Å². The molecule has 1 aliphatic heterocycles.